The molecule has 8 heteroatoms. The molecule has 0 heterocycles. The summed E-state index contributed by atoms with van der Waals surface area (Å²) >= 11 is 0. The van der Waals surface area contributed by atoms with Crippen molar-refractivity contribution in [3.8, 4) is 23.0 Å². The summed E-state index contributed by atoms with van der Waals surface area (Å²) in [7, 11) is 4.57. The van der Waals surface area contributed by atoms with Gasteiger partial charge in [-0.3, -0.25) is 9.59 Å². The smallest absolute Gasteiger partial charge is 0.255 e. The van der Waals surface area contributed by atoms with Crippen LogP contribution in [0.4, 0.5) is 11.4 Å². The molecule has 0 saturated carbocycles. The van der Waals surface area contributed by atoms with Crippen LogP contribution in [0.15, 0.2) is 60.7 Å². The molecule has 3 rings (SSSR count). The zero-order valence-electron chi connectivity index (χ0n) is 20.3. The first-order valence-electron chi connectivity index (χ1n) is 11.2. The zero-order chi connectivity index (χ0) is 25.2. The van der Waals surface area contributed by atoms with Crippen molar-refractivity contribution in [3.05, 3.63) is 71.8 Å². The van der Waals surface area contributed by atoms with Crippen LogP contribution in [-0.4, -0.2) is 39.8 Å². The van der Waals surface area contributed by atoms with E-state index >= 15 is 0 Å². The lowest BCUT2D eigenvalue weighted by molar-refractivity contribution is -0.116. The average Bonchev–Trinajstić information content (AvgIpc) is 2.89. The van der Waals surface area contributed by atoms with E-state index in [1.165, 1.54) is 14.2 Å². The van der Waals surface area contributed by atoms with Crippen LogP contribution in [0.1, 0.15) is 29.3 Å². The van der Waals surface area contributed by atoms with Crippen LogP contribution < -0.4 is 29.6 Å². The number of amides is 2. The van der Waals surface area contributed by atoms with E-state index in [4.69, 9.17) is 18.9 Å². The van der Waals surface area contributed by atoms with Gasteiger partial charge in [0.1, 0.15) is 11.5 Å². The third kappa shape index (κ3) is 6.66. The molecule has 0 unspecified atom stereocenters. The lowest BCUT2D eigenvalue weighted by Crippen LogP contribution is -2.15. The minimum absolute atomic E-state index is 0.195. The molecule has 0 spiro atoms. The lowest BCUT2D eigenvalue weighted by Gasteiger charge is -2.16. The quantitative estimate of drug-likeness (QED) is 0.406. The molecule has 0 bridgehead atoms. The third-order valence-corrected chi connectivity index (χ3v) is 5.25. The van der Waals surface area contributed by atoms with Crippen molar-refractivity contribution in [1.29, 1.82) is 0 Å². The van der Waals surface area contributed by atoms with E-state index in [2.05, 4.69) is 10.6 Å². The van der Waals surface area contributed by atoms with Crippen molar-refractivity contribution >= 4 is 23.2 Å². The van der Waals surface area contributed by atoms with Gasteiger partial charge in [-0.05, 0) is 43.2 Å². The second kappa shape index (κ2) is 12.3. The predicted molar refractivity (Wildman–Crippen MR) is 135 cm³/mol. The minimum atomic E-state index is -0.284. The number of methoxy groups -OCH3 is 3. The van der Waals surface area contributed by atoms with Gasteiger partial charge in [0.15, 0.2) is 11.5 Å². The molecule has 2 N–H and O–H groups in total. The summed E-state index contributed by atoms with van der Waals surface area (Å²) in [6.07, 6.45) is 0.758. The molecule has 0 radical (unpaired) electrons. The molecule has 3 aromatic carbocycles. The highest BCUT2D eigenvalue weighted by atomic mass is 16.5. The Kier molecular flexibility index (Phi) is 8.95. The Labute approximate surface area is 205 Å². The van der Waals surface area contributed by atoms with Gasteiger partial charge in [0.2, 0.25) is 5.91 Å². The average molecular weight is 479 g/mol. The maximum atomic E-state index is 12.7. The third-order valence-electron chi connectivity index (χ3n) is 5.25. The molecule has 8 nitrogen and oxygen atoms in total. The van der Waals surface area contributed by atoms with Crippen molar-refractivity contribution in [1.82, 2.24) is 0 Å². The first-order chi connectivity index (χ1) is 17.0. The van der Waals surface area contributed by atoms with Gasteiger partial charge in [-0.15, -0.1) is 0 Å². The molecule has 0 aliphatic rings. The number of rotatable bonds is 11. The van der Waals surface area contributed by atoms with E-state index in [9.17, 15) is 9.59 Å². The van der Waals surface area contributed by atoms with Crippen LogP contribution in [-0.2, 0) is 11.2 Å². The summed E-state index contributed by atoms with van der Waals surface area (Å²) < 4.78 is 21.8. The molecule has 0 aromatic heterocycles. The molecule has 0 atom stereocenters. The Balaban J connectivity index is 1.70. The second-order valence-corrected chi connectivity index (χ2v) is 7.54. The molecular formula is C27H30N2O6. The van der Waals surface area contributed by atoms with Gasteiger partial charge < -0.3 is 29.6 Å². The van der Waals surface area contributed by atoms with E-state index in [1.807, 2.05) is 31.2 Å². The fourth-order valence-corrected chi connectivity index (χ4v) is 3.49. The largest absolute Gasteiger partial charge is 0.494 e. The van der Waals surface area contributed by atoms with Crippen molar-refractivity contribution in [2.24, 2.45) is 0 Å². The number of ether oxygens (including phenoxy) is 4. The standard InChI is InChI=1S/C27H30N2O6/c1-5-35-22-13-11-18(15-25(22)34-4)12-14-26(30)28-20-16-24(33-3)21(17-23(20)32-2)29-27(31)19-9-7-6-8-10-19/h6-11,13,15-17H,5,12,14H2,1-4H3,(H,28,30)(H,29,31). The number of carbonyl (C=O) groups excluding carboxylic acids is 2. The van der Waals surface area contributed by atoms with Crippen molar-refractivity contribution in [2.45, 2.75) is 19.8 Å². The van der Waals surface area contributed by atoms with Gasteiger partial charge >= 0.3 is 0 Å². The van der Waals surface area contributed by atoms with Crippen molar-refractivity contribution < 1.29 is 28.5 Å². The summed E-state index contributed by atoms with van der Waals surface area (Å²) in [5, 5.41) is 5.69. The number of carbonyl (C=O) groups is 2. The van der Waals surface area contributed by atoms with Gasteiger partial charge in [-0.2, -0.15) is 0 Å². The Morgan fingerprint density at radius 2 is 1.37 bits per heavy atom. The van der Waals surface area contributed by atoms with Crippen LogP contribution in [0.2, 0.25) is 0 Å². The van der Waals surface area contributed by atoms with Crippen LogP contribution >= 0.6 is 0 Å². The molecule has 35 heavy (non-hydrogen) atoms. The fourth-order valence-electron chi connectivity index (χ4n) is 3.49. The highest BCUT2D eigenvalue weighted by Crippen LogP contribution is 2.37. The highest BCUT2D eigenvalue weighted by Gasteiger charge is 2.16. The maximum absolute atomic E-state index is 12.7. The van der Waals surface area contributed by atoms with E-state index < -0.39 is 0 Å². The lowest BCUT2D eigenvalue weighted by atomic mass is 10.1. The summed E-state index contributed by atoms with van der Waals surface area (Å²) in [6.45, 7) is 2.45. The normalized spacial score (nSPS) is 10.3. The molecule has 3 aromatic rings. The van der Waals surface area contributed by atoms with Gasteiger partial charge in [0.05, 0.1) is 39.3 Å². The van der Waals surface area contributed by atoms with Gasteiger partial charge in [0, 0.05) is 24.1 Å². The second-order valence-electron chi connectivity index (χ2n) is 7.54. The van der Waals surface area contributed by atoms with E-state index in [0.29, 0.717) is 53.0 Å². The SMILES string of the molecule is CCOc1ccc(CCC(=O)Nc2cc(OC)c(NC(=O)c3ccccc3)cc2OC)cc1OC. The number of benzene rings is 3. The van der Waals surface area contributed by atoms with Crippen molar-refractivity contribution in [3.63, 3.8) is 0 Å². The van der Waals surface area contributed by atoms with Crippen LogP contribution in [0.5, 0.6) is 23.0 Å². The van der Waals surface area contributed by atoms with Gasteiger partial charge in [-0.1, -0.05) is 24.3 Å². The molecule has 0 fully saturated rings. The summed E-state index contributed by atoms with van der Waals surface area (Å²) in [4.78, 5) is 25.3. The topological polar surface area (TPSA) is 95.1 Å². The Hall–Kier alpha value is -4.20. The highest BCUT2D eigenvalue weighted by molar-refractivity contribution is 6.05. The molecular weight excluding hydrogens is 448 g/mol. The monoisotopic (exact) mass is 478 g/mol. The predicted octanol–water partition coefficient (Wildman–Crippen LogP) is 4.93. The molecule has 0 aliphatic carbocycles. The number of aryl methyl sites for hydroxylation is 1. The Morgan fingerprint density at radius 1 is 0.743 bits per heavy atom. The minimum Gasteiger partial charge on any atom is -0.494 e. The maximum Gasteiger partial charge on any atom is 0.255 e. The first kappa shape index (κ1) is 25.4. The molecule has 0 saturated heterocycles. The Bertz CT molecular complexity index is 1160. The summed E-state index contributed by atoms with van der Waals surface area (Å²) in [5.41, 5.74) is 2.33. The molecule has 0 aliphatic heterocycles. The van der Waals surface area contributed by atoms with Crippen molar-refractivity contribution in [2.75, 3.05) is 38.6 Å². The van der Waals surface area contributed by atoms with E-state index in [1.54, 1.807) is 43.5 Å². The fraction of sp³-hybridized carbons (Fsp3) is 0.259. The number of hydrogen-bond acceptors (Lipinski definition) is 6. The first-order valence-corrected chi connectivity index (χ1v) is 11.2. The number of anilines is 2. The van der Waals surface area contributed by atoms with Gasteiger partial charge in [0.25, 0.3) is 5.91 Å². The van der Waals surface area contributed by atoms with Crippen LogP contribution in [0.3, 0.4) is 0 Å². The van der Waals surface area contributed by atoms with E-state index in [-0.39, 0.29) is 18.2 Å². The van der Waals surface area contributed by atoms with E-state index in [0.717, 1.165) is 5.56 Å². The Morgan fingerprint density at radius 3 is 1.97 bits per heavy atom. The number of nitrogens with one attached hydrogen (secondary N) is 2. The molecule has 184 valence electrons. The molecule has 2 amide bonds. The number of hydrogen-bond donors (Lipinski definition) is 2. The van der Waals surface area contributed by atoms with Crippen LogP contribution in [0.25, 0.3) is 0 Å². The van der Waals surface area contributed by atoms with Crippen LogP contribution in [0, 0.1) is 0 Å². The summed E-state index contributed by atoms with van der Waals surface area (Å²) in [6, 6.07) is 17.7. The van der Waals surface area contributed by atoms with Gasteiger partial charge in [-0.25, -0.2) is 0 Å². The zero-order valence-corrected chi connectivity index (χ0v) is 20.3. The summed E-state index contributed by atoms with van der Waals surface area (Å²) in [5.74, 6) is 1.60.